The lowest BCUT2D eigenvalue weighted by Crippen LogP contribution is -2.41. The molecule has 0 bridgehead atoms. The first-order valence-electron chi connectivity index (χ1n) is 12.4. The van der Waals surface area contributed by atoms with E-state index in [0.29, 0.717) is 24.7 Å². The minimum Gasteiger partial charge on any atom is -0.443 e. The summed E-state index contributed by atoms with van der Waals surface area (Å²) in [5.41, 5.74) is 12.2. The summed E-state index contributed by atoms with van der Waals surface area (Å²) in [4.78, 5) is 34.7. The average Bonchev–Trinajstić information content (AvgIpc) is 3.60. The molecular formula is C28H28N8O2. The maximum atomic E-state index is 12.6. The first kappa shape index (κ1) is 23.5. The second-order valence-electron chi connectivity index (χ2n) is 10.2. The molecule has 6 rings (SSSR count). The van der Waals surface area contributed by atoms with Crippen molar-refractivity contribution < 1.29 is 9.53 Å². The van der Waals surface area contributed by atoms with Crippen LogP contribution in [-0.2, 0) is 4.74 Å². The highest BCUT2D eigenvalue weighted by Crippen LogP contribution is 2.27. The van der Waals surface area contributed by atoms with Gasteiger partial charge < -0.3 is 25.8 Å². The number of amides is 1. The van der Waals surface area contributed by atoms with Crippen molar-refractivity contribution in [2.24, 2.45) is 4.99 Å². The molecule has 0 saturated carbocycles. The second-order valence-corrected chi connectivity index (χ2v) is 10.2. The van der Waals surface area contributed by atoms with Gasteiger partial charge in [-0.1, -0.05) is 24.3 Å². The number of guanidine groups is 1. The third-order valence-electron chi connectivity index (χ3n) is 6.13. The lowest BCUT2D eigenvalue weighted by molar-refractivity contribution is 0.0384. The van der Waals surface area contributed by atoms with E-state index >= 15 is 0 Å². The van der Waals surface area contributed by atoms with Gasteiger partial charge in [0, 0.05) is 22.5 Å². The third-order valence-corrected chi connectivity index (χ3v) is 6.13. The number of fused-ring (bicyclic) bond motifs is 2. The van der Waals surface area contributed by atoms with Gasteiger partial charge in [0.05, 0.1) is 35.2 Å². The molecule has 1 amide bonds. The Kier molecular flexibility index (Phi) is 5.52. The summed E-state index contributed by atoms with van der Waals surface area (Å²) in [7, 11) is 0. The number of nitrogens with zero attached hydrogens (tertiary/aromatic N) is 4. The number of carbonyl (C=O) groups excluding carboxylic acids is 1. The molecule has 38 heavy (non-hydrogen) atoms. The molecule has 10 heteroatoms. The molecular weight excluding hydrogens is 480 g/mol. The number of benzene rings is 3. The Bertz CT molecular complexity index is 1690. The summed E-state index contributed by atoms with van der Waals surface area (Å²) >= 11 is 0. The van der Waals surface area contributed by atoms with Crippen LogP contribution >= 0.6 is 0 Å². The minimum absolute atomic E-state index is 0.417. The number of nitrogen functional groups attached to an aromatic ring is 1. The number of carbonyl (C=O) groups is 1. The fraction of sp³-hybridized carbons (Fsp3) is 0.214. The summed E-state index contributed by atoms with van der Waals surface area (Å²) in [6, 6.07) is 19.5. The summed E-state index contributed by atoms with van der Waals surface area (Å²) in [5.74, 6) is 2.01. The molecule has 0 unspecified atom stereocenters. The third kappa shape index (κ3) is 4.63. The van der Waals surface area contributed by atoms with Gasteiger partial charge in [-0.15, -0.1) is 0 Å². The van der Waals surface area contributed by atoms with Crippen LogP contribution in [0.5, 0.6) is 0 Å². The van der Waals surface area contributed by atoms with Crippen LogP contribution in [-0.4, -0.2) is 55.6 Å². The molecule has 5 N–H and O–H groups in total. The Morgan fingerprint density at radius 1 is 0.921 bits per heavy atom. The van der Waals surface area contributed by atoms with Crippen molar-refractivity contribution in [2.45, 2.75) is 26.4 Å². The van der Waals surface area contributed by atoms with Crippen molar-refractivity contribution in [3.8, 4) is 22.8 Å². The number of anilines is 2. The first-order valence-corrected chi connectivity index (χ1v) is 12.4. The number of imidazole rings is 2. The van der Waals surface area contributed by atoms with Crippen molar-refractivity contribution in [3.05, 3.63) is 60.7 Å². The monoisotopic (exact) mass is 508 g/mol. The van der Waals surface area contributed by atoms with E-state index in [-0.39, 0.29) is 0 Å². The summed E-state index contributed by atoms with van der Waals surface area (Å²) in [6.07, 6.45) is -0.417. The van der Waals surface area contributed by atoms with Gasteiger partial charge in [0.2, 0.25) is 5.96 Å². The van der Waals surface area contributed by atoms with E-state index < -0.39 is 11.7 Å². The highest BCUT2D eigenvalue weighted by atomic mass is 16.6. The van der Waals surface area contributed by atoms with Gasteiger partial charge >= 0.3 is 6.09 Å². The van der Waals surface area contributed by atoms with Crippen LogP contribution in [0, 0.1) is 0 Å². The minimum atomic E-state index is -0.575. The number of rotatable bonds is 3. The highest BCUT2D eigenvalue weighted by Gasteiger charge is 2.28. The molecule has 0 aliphatic carbocycles. The molecule has 0 atom stereocenters. The van der Waals surface area contributed by atoms with Crippen LogP contribution in [0.25, 0.3) is 44.8 Å². The van der Waals surface area contributed by atoms with Crippen molar-refractivity contribution in [1.82, 2.24) is 24.8 Å². The number of nitrogens with one attached hydrogen (secondary N) is 3. The Morgan fingerprint density at radius 2 is 1.53 bits per heavy atom. The normalized spacial score (nSPS) is 13.8. The Morgan fingerprint density at radius 3 is 2.16 bits per heavy atom. The van der Waals surface area contributed by atoms with Crippen LogP contribution in [0.3, 0.4) is 0 Å². The highest BCUT2D eigenvalue weighted by molar-refractivity contribution is 6.04. The number of nitrogens with two attached hydrogens (primary N) is 1. The van der Waals surface area contributed by atoms with E-state index in [1.54, 1.807) is 0 Å². The van der Waals surface area contributed by atoms with E-state index in [0.717, 1.165) is 50.5 Å². The van der Waals surface area contributed by atoms with Crippen molar-refractivity contribution >= 4 is 45.5 Å². The fourth-order valence-corrected chi connectivity index (χ4v) is 4.34. The van der Waals surface area contributed by atoms with Gasteiger partial charge in [0.1, 0.15) is 17.2 Å². The Hall–Kier alpha value is -4.86. The molecule has 5 aromatic rings. The summed E-state index contributed by atoms with van der Waals surface area (Å²) < 4.78 is 5.51. The lowest BCUT2D eigenvalue weighted by atomic mass is 10.1. The second kappa shape index (κ2) is 8.91. The zero-order valence-electron chi connectivity index (χ0n) is 21.4. The molecule has 0 spiro atoms. The van der Waals surface area contributed by atoms with Gasteiger partial charge in [-0.3, -0.25) is 4.99 Å². The van der Waals surface area contributed by atoms with Gasteiger partial charge in [-0.05, 0) is 57.2 Å². The number of ether oxygens (including phenoxy) is 1. The molecule has 3 aromatic carbocycles. The molecule has 3 heterocycles. The van der Waals surface area contributed by atoms with Crippen LogP contribution in [0.1, 0.15) is 20.8 Å². The predicted octanol–water partition coefficient (Wildman–Crippen LogP) is 5.37. The topological polar surface area (TPSA) is 137 Å². The van der Waals surface area contributed by atoms with E-state index in [9.17, 15) is 4.79 Å². The molecule has 192 valence electrons. The number of aliphatic imine (C=N–C) groups is 1. The van der Waals surface area contributed by atoms with Crippen molar-refractivity contribution in [1.29, 1.82) is 0 Å². The summed E-state index contributed by atoms with van der Waals surface area (Å²) in [5, 5.41) is 3.24. The zero-order valence-corrected chi connectivity index (χ0v) is 21.4. The summed E-state index contributed by atoms with van der Waals surface area (Å²) in [6.45, 7) is 6.53. The van der Waals surface area contributed by atoms with Crippen LogP contribution in [0.15, 0.2) is 65.7 Å². The average molecular weight is 509 g/mol. The lowest BCUT2D eigenvalue weighted by Gasteiger charge is -2.25. The quantitative estimate of drug-likeness (QED) is 0.242. The maximum Gasteiger partial charge on any atom is 0.417 e. The maximum absolute atomic E-state index is 12.6. The molecule has 1 aliphatic heterocycles. The predicted molar refractivity (Wildman–Crippen MR) is 150 cm³/mol. The van der Waals surface area contributed by atoms with Gasteiger partial charge in [-0.2, -0.15) is 0 Å². The number of H-pyrrole nitrogens is 2. The van der Waals surface area contributed by atoms with Gasteiger partial charge in [0.15, 0.2) is 0 Å². The largest absolute Gasteiger partial charge is 0.443 e. The molecule has 2 aromatic heterocycles. The SMILES string of the molecule is CC(C)(C)OC(=O)N1CCN=C1Nc1ccc2[nH]c(-c3ccc(-c4nc5cc(N)ccc5[nH]4)cc3)nc2c1. The van der Waals surface area contributed by atoms with Gasteiger partial charge in [-0.25, -0.2) is 19.7 Å². The number of aromatic amines is 2. The smallest absolute Gasteiger partial charge is 0.417 e. The fourth-order valence-electron chi connectivity index (χ4n) is 4.34. The van der Waals surface area contributed by atoms with E-state index in [2.05, 4.69) is 25.3 Å². The number of aromatic nitrogens is 4. The molecule has 0 fully saturated rings. The van der Waals surface area contributed by atoms with Crippen LogP contribution in [0.2, 0.25) is 0 Å². The van der Waals surface area contributed by atoms with Crippen LogP contribution < -0.4 is 11.1 Å². The standard InChI is InChI=1S/C28H28N8O2/c1-28(2,3)38-27(37)36-13-12-30-26(36)31-19-9-11-21-23(15-19)35-25(33-21)17-6-4-16(5-7-17)24-32-20-10-8-18(29)14-22(20)34-24/h4-11,14-15H,12-13,29H2,1-3H3,(H,30,31)(H,32,34)(H,33,35). The first-order chi connectivity index (χ1) is 18.2. The van der Waals surface area contributed by atoms with Crippen molar-refractivity contribution in [2.75, 3.05) is 24.1 Å². The number of hydrogen-bond acceptors (Lipinski definition) is 7. The van der Waals surface area contributed by atoms with Crippen molar-refractivity contribution in [3.63, 3.8) is 0 Å². The Balaban J connectivity index is 1.20. The number of hydrogen-bond donors (Lipinski definition) is 4. The molecule has 0 radical (unpaired) electrons. The molecule has 0 saturated heterocycles. The van der Waals surface area contributed by atoms with E-state index in [4.69, 9.17) is 15.5 Å². The molecule has 1 aliphatic rings. The van der Waals surface area contributed by atoms with E-state index in [1.807, 2.05) is 81.4 Å². The molecule has 10 nitrogen and oxygen atoms in total. The zero-order chi connectivity index (χ0) is 26.4. The van der Waals surface area contributed by atoms with Crippen LogP contribution in [0.4, 0.5) is 16.2 Å². The van der Waals surface area contributed by atoms with E-state index in [1.165, 1.54) is 4.90 Å². The Labute approximate surface area is 219 Å². The van der Waals surface area contributed by atoms with Gasteiger partial charge in [0.25, 0.3) is 0 Å².